The van der Waals surface area contributed by atoms with Crippen LogP contribution in [0.2, 0.25) is 0 Å². The lowest BCUT2D eigenvalue weighted by atomic mass is 10.1. The molecule has 7 heteroatoms. The van der Waals surface area contributed by atoms with E-state index in [-0.39, 0.29) is 12.3 Å². The van der Waals surface area contributed by atoms with Crippen molar-refractivity contribution in [2.45, 2.75) is 32.4 Å². The molecule has 4 nitrogen and oxygen atoms in total. The molecule has 0 radical (unpaired) electrons. The van der Waals surface area contributed by atoms with Gasteiger partial charge in [-0.1, -0.05) is 31.2 Å². The van der Waals surface area contributed by atoms with Crippen LogP contribution in [0, 0.1) is 0 Å². The molecule has 2 aromatic carbocycles. The fourth-order valence-corrected chi connectivity index (χ4v) is 2.77. The van der Waals surface area contributed by atoms with Gasteiger partial charge in [0.25, 0.3) is 0 Å². The van der Waals surface area contributed by atoms with Crippen LogP contribution in [0.4, 0.5) is 13.2 Å². The number of aliphatic hydroxyl groups is 1. The number of nitrogens with zero attached hydrogens (tertiary/aromatic N) is 2. The lowest BCUT2D eigenvalue weighted by molar-refractivity contribution is -0.274. The number of benzene rings is 2. The summed E-state index contributed by atoms with van der Waals surface area (Å²) in [7, 11) is 0. The average molecular weight is 350 g/mol. The maximum Gasteiger partial charge on any atom is 0.573 e. The van der Waals surface area contributed by atoms with Crippen molar-refractivity contribution >= 4 is 11.0 Å². The van der Waals surface area contributed by atoms with Crippen molar-refractivity contribution in [3.63, 3.8) is 0 Å². The number of para-hydroxylation sites is 2. The summed E-state index contributed by atoms with van der Waals surface area (Å²) in [6.45, 7) is 2.25. The van der Waals surface area contributed by atoms with Crippen LogP contribution >= 0.6 is 0 Å². The second-order valence-electron chi connectivity index (χ2n) is 5.61. The summed E-state index contributed by atoms with van der Waals surface area (Å²) in [5.74, 6) is 0.531. The van der Waals surface area contributed by atoms with E-state index >= 15 is 0 Å². The molecule has 0 bridgehead atoms. The first kappa shape index (κ1) is 17.3. The van der Waals surface area contributed by atoms with Crippen LogP contribution in [0.3, 0.4) is 0 Å². The summed E-state index contributed by atoms with van der Waals surface area (Å²) in [4.78, 5) is 4.54. The monoisotopic (exact) mass is 350 g/mol. The highest BCUT2D eigenvalue weighted by Gasteiger charge is 2.31. The molecule has 1 N–H and O–H groups in total. The molecule has 0 aliphatic heterocycles. The van der Waals surface area contributed by atoms with Gasteiger partial charge in [-0.15, -0.1) is 13.2 Å². The van der Waals surface area contributed by atoms with Gasteiger partial charge >= 0.3 is 6.36 Å². The number of aliphatic hydroxyl groups excluding tert-OH is 1. The van der Waals surface area contributed by atoms with Crippen LogP contribution in [0.15, 0.2) is 48.5 Å². The minimum atomic E-state index is -4.73. The van der Waals surface area contributed by atoms with Crippen molar-refractivity contribution in [1.29, 1.82) is 0 Å². The average Bonchev–Trinajstić information content (AvgIpc) is 2.92. The number of alkyl halides is 3. The Labute approximate surface area is 142 Å². The molecule has 1 atom stereocenters. The van der Waals surface area contributed by atoms with Crippen molar-refractivity contribution in [2.24, 2.45) is 0 Å². The Hall–Kier alpha value is -2.54. The number of halogens is 3. The molecule has 1 unspecified atom stereocenters. The Morgan fingerprint density at radius 1 is 1.12 bits per heavy atom. The number of fused-ring (bicyclic) bond motifs is 1. The highest BCUT2D eigenvalue weighted by molar-refractivity contribution is 5.75. The largest absolute Gasteiger partial charge is 0.573 e. The molecule has 3 rings (SSSR count). The third-order valence-corrected chi connectivity index (χ3v) is 3.90. The summed E-state index contributed by atoms with van der Waals surface area (Å²) in [5, 5.41) is 10.5. The van der Waals surface area contributed by atoms with Crippen molar-refractivity contribution in [2.75, 3.05) is 0 Å². The Kier molecular flexibility index (Phi) is 4.67. The molecule has 1 heterocycles. The number of hydrogen-bond donors (Lipinski definition) is 1. The lowest BCUT2D eigenvalue weighted by Gasteiger charge is -2.15. The molecule has 0 spiro atoms. The fourth-order valence-electron chi connectivity index (χ4n) is 2.77. The van der Waals surface area contributed by atoms with E-state index in [2.05, 4.69) is 9.72 Å². The quantitative estimate of drug-likeness (QED) is 0.749. The molecule has 132 valence electrons. The van der Waals surface area contributed by atoms with Gasteiger partial charge in [-0.05, 0) is 29.8 Å². The van der Waals surface area contributed by atoms with Gasteiger partial charge < -0.3 is 14.4 Å². The summed E-state index contributed by atoms with van der Waals surface area (Å²) in [6.07, 6.45) is -4.89. The molecule has 0 saturated heterocycles. The van der Waals surface area contributed by atoms with Gasteiger partial charge in [0.1, 0.15) is 11.6 Å². The van der Waals surface area contributed by atoms with E-state index in [1.54, 1.807) is 0 Å². The van der Waals surface area contributed by atoms with Gasteiger partial charge in [-0.25, -0.2) is 4.98 Å². The predicted octanol–water partition coefficient (Wildman–Crippen LogP) is 4.23. The second-order valence-corrected chi connectivity index (χ2v) is 5.61. The van der Waals surface area contributed by atoms with Crippen molar-refractivity contribution < 1.29 is 23.0 Å². The van der Waals surface area contributed by atoms with Crippen molar-refractivity contribution in [3.05, 3.63) is 59.9 Å². The Morgan fingerprint density at radius 2 is 1.80 bits per heavy atom. The maximum absolute atomic E-state index is 12.2. The van der Waals surface area contributed by atoms with Gasteiger partial charge in [-0.2, -0.15) is 0 Å². The third kappa shape index (κ3) is 3.93. The van der Waals surface area contributed by atoms with Gasteiger partial charge in [0.2, 0.25) is 0 Å². The molecule has 0 fully saturated rings. The zero-order chi connectivity index (χ0) is 18.0. The number of aromatic nitrogens is 2. The van der Waals surface area contributed by atoms with Crippen LogP contribution in [0.5, 0.6) is 5.75 Å². The van der Waals surface area contributed by atoms with Crippen LogP contribution < -0.4 is 4.74 Å². The van der Waals surface area contributed by atoms with E-state index < -0.39 is 12.5 Å². The second kappa shape index (κ2) is 6.76. The zero-order valence-corrected chi connectivity index (χ0v) is 13.5. The first-order valence-corrected chi connectivity index (χ1v) is 7.85. The minimum Gasteiger partial charge on any atom is -0.406 e. The normalized spacial score (nSPS) is 13.2. The first-order valence-electron chi connectivity index (χ1n) is 7.85. The Morgan fingerprint density at radius 3 is 2.44 bits per heavy atom. The first-order chi connectivity index (χ1) is 11.9. The van der Waals surface area contributed by atoms with E-state index in [0.717, 1.165) is 16.9 Å². The molecule has 0 aliphatic rings. The lowest BCUT2D eigenvalue weighted by Crippen LogP contribution is -2.17. The Balaban J connectivity index is 1.82. The number of imidazole rings is 1. The fraction of sp³-hybridized carbons (Fsp3) is 0.278. The van der Waals surface area contributed by atoms with Crippen LogP contribution in [0.1, 0.15) is 24.4 Å². The van der Waals surface area contributed by atoms with E-state index in [1.165, 1.54) is 24.3 Å². The molecule has 3 aromatic rings. The van der Waals surface area contributed by atoms with Gasteiger partial charge in [-0.3, -0.25) is 0 Å². The van der Waals surface area contributed by atoms with Crippen LogP contribution in [-0.2, 0) is 13.0 Å². The van der Waals surface area contributed by atoms with Gasteiger partial charge in [0, 0.05) is 6.42 Å². The Bertz CT molecular complexity index is 857. The SMILES string of the molecule is CCc1nc2ccccc2n1CC(O)c1ccc(OC(F)(F)F)cc1. The minimum absolute atomic E-state index is 0.267. The topological polar surface area (TPSA) is 47.3 Å². The van der Waals surface area contributed by atoms with Crippen molar-refractivity contribution in [3.8, 4) is 5.75 Å². The summed E-state index contributed by atoms with van der Waals surface area (Å²) in [5.41, 5.74) is 2.27. The standard InChI is InChI=1S/C18H17F3N2O2/c1-2-17-22-14-5-3-4-6-15(14)23(17)11-16(24)12-7-9-13(10-8-12)25-18(19,20)21/h3-10,16,24H,2,11H2,1H3. The molecule has 25 heavy (non-hydrogen) atoms. The van der Waals surface area contributed by atoms with E-state index in [9.17, 15) is 18.3 Å². The molecular formula is C18H17F3N2O2. The number of aryl methyl sites for hydroxylation is 1. The zero-order valence-electron chi connectivity index (χ0n) is 13.5. The van der Waals surface area contributed by atoms with Gasteiger partial charge in [0.05, 0.1) is 23.7 Å². The third-order valence-electron chi connectivity index (χ3n) is 3.90. The number of hydrogen-bond acceptors (Lipinski definition) is 3. The van der Waals surface area contributed by atoms with Gasteiger partial charge in [0.15, 0.2) is 0 Å². The molecule has 0 aliphatic carbocycles. The molecule has 0 saturated carbocycles. The smallest absolute Gasteiger partial charge is 0.406 e. The maximum atomic E-state index is 12.2. The van der Waals surface area contributed by atoms with E-state index in [4.69, 9.17) is 0 Å². The summed E-state index contributed by atoms with van der Waals surface area (Å²) < 4.78 is 42.4. The highest BCUT2D eigenvalue weighted by Crippen LogP contribution is 2.26. The molecule has 1 aromatic heterocycles. The summed E-state index contributed by atoms with van der Waals surface area (Å²) >= 11 is 0. The van der Waals surface area contributed by atoms with E-state index in [1.807, 2.05) is 35.8 Å². The number of rotatable bonds is 5. The molecular weight excluding hydrogens is 333 g/mol. The van der Waals surface area contributed by atoms with Crippen LogP contribution in [0.25, 0.3) is 11.0 Å². The predicted molar refractivity (Wildman–Crippen MR) is 87.2 cm³/mol. The highest BCUT2D eigenvalue weighted by atomic mass is 19.4. The molecule has 0 amide bonds. The van der Waals surface area contributed by atoms with Crippen LogP contribution in [-0.4, -0.2) is 21.0 Å². The van der Waals surface area contributed by atoms with E-state index in [0.29, 0.717) is 12.0 Å². The summed E-state index contributed by atoms with van der Waals surface area (Å²) in [6, 6.07) is 12.9. The number of ether oxygens (including phenoxy) is 1. The van der Waals surface area contributed by atoms with Crippen molar-refractivity contribution in [1.82, 2.24) is 9.55 Å².